The normalized spacial score (nSPS) is 9.40. The Morgan fingerprint density at radius 2 is 2.50 bits per heavy atom. The summed E-state index contributed by atoms with van der Waals surface area (Å²) >= 11 is 1.37. The van der Waals surface area contributed by atoms with E-state index in [1.165, 1.54) is 29.6 Å². The van der Waals surface area contributed by atoms with E-state index < -0.39 is 0 Å². The van der Waals surface area contributed by atoms with Gasteiger partial charge < -0.3 is 0 Å². The standard InChI is InChI=1S/C5H6FN3S/c1-10-5-7-3-2-4(8-5)9-6/h2-3H,1H3,(H,7,8,9). The lowest BCUT2D eigenvalue weighted by molar-refractivity contribution is 0.608. The second-order valence-corrected chi connectivity index (χ2v) is 2.30. The van der Waals surface area contributed by atoms with E-state index in [4.69, 9.17) is 0 Å². The van der Waals surface area contributed by atoms with Crippen molar-refractivity contribution >= 4 is 17.6 Å². The molecule has 0 bridgehead atoms. The van der Waals surface area contributed by atoms with E-state index in [1.807, 2.05) is 6.26 Å². The predicted octanol–water partition coefficient (Wildman–Crippen LogP) is 1.49. The first-order valence-electron chi connectivity index (χ1n) is 2.60. The number of hydrogen-bond acceptors (Lipinski definition) is 4. The minimum Gasteiger partial charge on any atom is -0.231 e. The molecule has 1 N–H and O–H groups in total. The molecule has 0 saturated carbocycles. The molecule has 1 aromatic heterocycles. The number of nitrogens with zero attached hydrogens (tertiary/aromatic N) is 2. The van der Waals surface area contributed by atoms with Gasteiger partial charge in [0.25, 0.3) is 0 Å². The van der Waals surface area contributed by atoms with Crippen molar-refractivity contribution in [3.8, 4) is 0 Å². The van der Waals surface area contributed by atoms with Crippen molar-refractivity contribution in [2.24, 2.45) is 0 Å². The summed E-state index contributed by atoms with van der Waals surface area (Å²) in [6.45, 7) is 0. The van der Waals surface area contributed by atoms with E-state index in [0.29, 0.717) is 5.16 Å². The maximum absolute atomic E-state index is 11.7. The summed E-state index contributed by atoms with van der Waals surface area (Å²) in [5.74, 6) is 0.194. The zero-order valence-corrected chi connectivity index (χ0v) is 6.15. The number of hydrogen-bond donors (Lipinski definition) is 1. The molecule has 0 saturated heterocycles. The lowest BCUT2D eigenvalue weighted by atomic mass is 10.6. The Labute approximate surface area is 62.0 Å². The lowest BCUT2D eigenvalue weighted by Crippen LogP contribution is -1.90. The Bertz CT molecular complexity index is 199. The Kier molecular flexibility index (Phi) is 2.44. The van der Waals surface area contributed by atoms with Crippen LogP contribution in [-0.4, -0.2) is 16.2 Å². The van der Waals surface area contributed by atoms with Crippen molar-refractivity contribution in [3.05, 3.63) is 12.3 Å². The largest absolute Gasteiger partial charge is 0.231 e. The fourth-order valence-electron chi connectivity index (χ4n) is 0.492. The Morgan fingerprint density at radius 1 is 1.70 bits per heavy atom. The molecule has 0 amide bonds. The number of thioether (sulfide) groups is 1. The van der Waals surface area contributed by atoms with Crippen LogP contribution in [-0.2, 0) is 0 Å². The van der Waals surface area contributed by atoms with Crippen LogP contribution in [0.25, 0.3) is 0 Å². The molecule has 0 aliphatic rings. The fourth-order valence-corrected chi connectivity index (χ4v) is 0.848. The van der Waals surface area contributed by atoms with Crippen molar-refractivity contribution in [1.82, 2.24) is 9.97 Å². The van der Waals surface area contributed by atoms with Gasteiger partial charge >= 0.3 is 0 Å². The highest BCUT2D eigenvalue weighted by molar-refractivity contribution is 7.98. The highest BCUT2D eigenvalue weighted by Crippen LogP contribution is 2.09. The number of aromatic nitrogens is 2. The van der Waals surface area contributed by atoms with Crippen molar-refractivity contribution < 1.29 is 4.48 Å². The molecule has 0 atom stereocenters. The smallest absolute Gasteiger partial charge is 0.189 e. The molecule has 0 unspecified atom stereocenters. The number of anilines is 1. The third-order valence-corrected chi connectivity index (χ3v) is 1.47. The maximum Gasteiger partial charge on any atom is 0.189 e. The molecule has 0 spiro atoms. The van der Waals surface area contributed by atoms with Crippen LogP contribution in [0.15, 0.2) is 17.4 Å². The quantitative estimate of drug-likeness (QED) is 0.403. The van der Waals surface area contributed by atoms with Gasteiger partial charge in [-0.3, -0.25) is 0 Å². The average Bonchev–Trinajstić information content (AvgIpc) is 2.05. The van der Waals surface area contributed by atoms with Crippen LogP contribution in [0.5, 0.6) is 0 Å². The zero-order valence-electron chi connectivity index (χ0n) is 5.34. The van der Waals surface area contributed by atoms with Gasteiger partial charge in [-0.1, -0.05) is 11.8 Å². The Hall–Kier alpha value is -0.840. The van der Waals surface area contributed by atoms with Gasteiger partial charge in [0.1, 0.15) is 0 Å². The molecule has 0 fully saturated rings. The molecular weight excluding hydrogens is 153 g/mol. The third kappa shape index (κ3) is 1.57. The van der Waals surface area contributed by atoms with Crippen LogP contribution in [0.1, 0.15) is 0 Å². The molecule has 0 radical (unpaired) electrons. The van der Waals surface area contributed by atoms with Crippen molar-refractivity contribution in [2.45, 2.75) is 5.16 Å². The van der Waals surface area contributed by atoms with Crippen molar-refractivity contribution in [3.63, 3.8) is 0 Å². The second kappa shape index (κ2) is 3.36. The molecule has 54 valence electrons. The van der Waals surface area contributed by atoms with E-state index >= 15 is 0 Å². The number of nitrogens with one attached hydrogen (secondary N) is 1. The minimum absolute atomic E-state index is 0.194. The van der Waals surface area contributed by atoms with Gasteiger partial charge in [-0.25, -0.2) is 15.5 Å². The van der Waals surface area contributed by atoms with Gasteiger partial charge in [-0.05, 0) is 6.26 Å². The molecule has 1 heterocycles. The Morgan fingerprint density at radius 3 is 3.10 bits per heavy atom. The van der Waals surface area contributed by atoms with E-state index in [-0.39, 0.29) is 5.82 Å². The predicted molar refractivity (Wildman–Crippen MR) is 38.5 cm³/mol. The van der Waals surface area contributed by atoms with E-state index in [0.717, 1.165) is 0 Å². The van der Waals surface area contributed by atoms with Gasteiger partial charge in [-0.2, -0.15) is 0 Å². The van der Waals surface area contributed by atoms with Gasteiger partial charge in [-0.15, -0.1) is 4.48 Å². The van der Waals surface area contributed by atoms with Gasteiger partial charge in [0.2, 0.25) is 0 Å². The van der Waals surface area contributed by atoms with E-state index in [9.17, 15) is 4.48 Å². The van der Waals surface area contributed by atoms with E-state index in [2.05, 4.69) is 9.97 Å². The highest BCUT2D eigenvalue weighted by atomic mass is 32.2. The lowest BCUT2D eigenvalue weighted by Gasteiger charge is -1.95. The molecule has 0 aromatic carbocycles. The average molecular weight is 159 g/mol. The van der Waals surface area contributed by atoms with E-state index in [1.54, 1.807) is 0 Å². The van der Waals surface area contributed by atoms with Crippen LogP contribution < -0.4 is 5.54 Å². The van der Waals surface area contributed by atoms with Crippen molar-refractivity contribution in [2.75, 3.05) is 11.8 Å². The van der Waals surface area contributed by atoms with Crippen molar-refractivity contribution in [1.29, 1.82) is 0 Å². The summed E-state index contributed by atoms with van der Waals surface area (Å²) < 4.78 is 11.7. The van der Waals surface area contributed by atoms with Gasteiger partial charge in [0.15, 0.2) is 11.0 Å². The topological polar surface area (TPSA) is 37.8 Å². The SMILES string of the molecule is CSc1nccc(NF)n1. The molecule has 1 rings (SSSR count). The summed E-state index contributed by atoms with van der Waals surface area (Å²) in [5, 5.41) is 0.558. The zero-order chi connectivity index (χ0) is 7.40. The molecule has 3 nitrogen and oxygen atoms in total. The molecule has 0 aliphatic heterocycles. The summed E-state index contributed by atoms with van der Waals surface area (Å²) in [5.41, 5.74) is 1.44. The van der Waals surface area contributed by atoms with Crippen LogP contribution in [0.2, 0.25) is 0 Å². The fraction of sp³-hybridized carbons (Fsp3) is 0.200. The molecule has 0 aliphatic carbocycles. The van der Waals surface area contributed by atoms with Gasteiger partial charge in [0.05, 0.1) is 0 Å². The van der Waals surface area contributed by atoms with Crippen LogP contribution in [0.3, 0.4) is 0 Å². The van der Waals surface area contributed by atoms with Crippen LogP contribution in [0.4, 0.5) is 10.3 Å². The first-order chi connectivity index (χ1) is 4.86. The molecule has 1 aromatic rings. The second-order valence-electron chi connectivity index (χ2n) is 1.52. The first kappa shape index (κ1) is 7.27. The first-order valence-corrected chi connectivity index (χ1v) is 3.83. The Balaban J connectivity index is 2.87. The summed E-state index contributed by atoms with van der Waals surface area (Å²) in [7, 11) is 0. The van der Waals surface area contributed by atoms with Crippen LogP contribution >= 0.6 is 11.8 Å². The highest BCUT2D eigenvalue weighted by Gasteiger charge is 1.94. The monoisotopic (exact) mass is 159 g/mol. The third-order valence-electron chi connectivity index (χ3n) is 0.913. The van der Waals surface area contributed by atoms with Gasteiger partial charge in [0, 0.05) is 12.3 Å². The van der Waals surface area contributed by atoms with Crippen LogP contribution in [0, 0.1) is 0 Å². The molecule has 10 heavy (non-hydrogen) atoms. The summed E-state index contributed by atoms with van der Waals surface area (Å²) in [4.78, 5) is 7.63. The summed E-state index contributed by atoms with van der Waals surface area (Å²) in [6, 6.07) is 1.46. The molecular formula is C5H6FN3S. The molecule has 5 heteroatoms. The summed E-state index contributed by atoms with van der Waals surface area (Å²) in [6.07, 6.45) is 3.33. The number of rotatable bonds is 2. The maximum atomic E-state index is 11.7. The minimum atomic E-state index is 0.194. The number of halogens is 1.